The fourth-order valence-electron chi connectivity index (χ4n) is 2.32. The zero-order valence-corrected chi connectivity index (χ0v) is 13.0. The third-order valence-electron chi connectivity index (χ3n) is 3.56. The van der Waals surface area contributed by atoms with E-state index in [-0.39, 0.29) is 37.3 Å². The second kappa shape index (κ2) is 7.54. The zero-order chi connectivity index (χ0) is 16.8. The maximum atomic E-state index is 11.8. The van der Waals surface area contributed by atoms with Crippen molar-refractivity contribution in [2.45, 2.75) is 12.8 Å². The SMILES string of the molecule is O=C(CCNC(=O)c1ccco1)NCCc1ccc2c(c1)OCO2. The Labute approximate surface area is 138 Å². The van der Waals surface area contributed by atoms with Crippen LogP contribution >= 0.6 is 0 Å². The van der Waals surface area contributed by atoms with Gasteiger partial charge >= 0.3 is 0 Å². The van der Waals surface area contributed by atoms with Crippen LogP contribution in [0.15, 0.2) is 41.0 Å². The molecule has 126 valence electrons. The van der Waals surface area contributed by atoms with Gasteiger partial charge in [0, 0.05) is 19.5 Å². The zero-order valence-electron chi connectivity index (χ0n) is 13.0. The van der Waals surface area contributed by atoms with Crippen LogP contribution in [0.2, 0.25) is 0 Å². The van der Waals surface area contributed by atoms with E-state index < -0.39 is 0 Å². The highest BCUT2D eigenvalue weighted by Crippen LogP contribution is 2.32. The van der Waals surface area contributed by atoms with Crippen molar-refractivity contribution in [2.75, 3.05) is 19.9 Å². The summed E-state index contributed by atoms with van der Waals surface area (Å²) in [6.07, 6.45) is 2.34. The normalized spacial score (nSPS) is 12.0. The number of ether oxygens (including phenoxy) is 2. The van der Waals surface area contributed by atoms with E-state index in [0.29, 0.717) is 13.0 Å². The van der Waals surface area contributed by atoms with Gasteiger partial charge in [0.05, 0.1) is 6.26 Å². The molecule has 7 heteroatoms. The van der Waals surface area contributed by atoms with Gasteiger partial charge in [-0.25, -0.2) is 0 Å². The molecule has 1 aliphatic heterocycles. The van der Waals surface area contributed by atoms with Gasteiger partial charge < -0.3 is 24.5 Å². The Hall–Kier alpha value is -2.96. The summed E-state index contributed by atoms with van der Waals surface area (Å²) in [5.41, 5.74) is 1.06. The molecular weight excluding hydrogens is 312 g/mol. The van der Waals surface area contributed by atoms with Gasteiger partial charge in [-0.15, -0.1) is 0 Å². The van der Waals surface area contributed by atoms with Crippen molar-refractivity contribution in [2.24, 2.45) is 0 Å². The molecule has 2 heterocycles. The van der Waals surface area contributed by atoms with Crippen molar-refractivity contribution < 1.29 is 23.5 Å². The molecule has 0 bridgehead atoms. The molecule has 0 aliphatic carbocycles. The number of carbonyl (C=O) groups is 2. The van der Waals surface area contributed by atoms with Gasteiger partial charge in [0.15, 0.2) is 17.3 Å². The first kappa shape index (κ1) is 15.9. The second-order valence-corrected chi connectivity index (χ2v) is 5.27. The molecule has 0 saturated carbocycles. The minimum atomic E-state index is -0.326. The molecule has 0 radical (unpaired) electrons. The molecular formula is C17H18N2O5. The van der Waals surface area contributed by atoms with Gasteiger partial charge in [0.2, 0.25) is 12.7 Å². The van der Waals surface area contributed by atoms with Crippen LogP contribution in [0, 0.1) is 0 Å². The second-order valence-electron chi connectivity index (χ2n) is 5.27. The minimum absolute atomic E-state index is 0.115. The van der Waals surface area contributed by atoms with E-state index in [1.165, 1.54) is 6.26 Å². The molecule has 7 nitrogen and oxygen atoms in total. The maximum Gasteiger partial charge on any atom is 0.286 e. The molecule has 0 spiro atoms. The van der Waals surface area contributed by atoms with E-state index >= 15 is 0 Å². The Morgan fingerprint density at radius 2 is 1.92 bits per heavy atom. The maximum absolute atomic E-state index is 11.8. The summed E-state index contributed by atoms with van der Waals surface area (Å²) in [5.74, 6) is 1.27. The van der Waals surface area contributed by atoms with Crippen molar-refractivity contribution in [3.63, 3.8) is 0 Å². The van der Waals surface area contributed by atoms with Crippen molar-refractivity contribution >= 4 is 11.8 Å². The molecule has 1 aliphatic rings. The molecule has 0 unspecified atom stereocenters. The molecule has 2 amide bonds. The van der Waals surface area contributed by atoms with Gasteiger partial charge in [-0.1, -0.05) is 6.07 Å². The number of hydrogen-bond acceptors (Lipinski definition) is 5. The number of carbonyl (C=O) groups excluding carboxylic acids is 2. The summed E-state index contributed by atoms with van der Waals surface area (Å²) >= 11 is 0. The van der Waals surface area contributed by atoms with Gasteiger partial charge in [0.1, 0.15) is 0 Å². The lowest BCUT2D eigenvalue weighted by Crippen LogP contribution is -2.31. The van der Waals surface area contributed by atoms with Gasteiger partial charge in [-0.05, 0) is 36.2 Å². The highest BCUT2D eigenvalue weighted by Gasteiger charge is 2.13. The first-order chi connectivity index (χ1) is 11.7. The number of benzene rings is 1. The first-order valence-electron chi connectivity index (χ1n) is 7.69. The Kier molecular flexibility index (Phi) is 5.00. The molecule has 24 heavy (non-hydrogen) atoms. The van der Waals surface area contributed by atoms with Crippen molar-refractivity contribution in [3.8, 4) is 11.5 Å². The van der Waals surface area contributed by atoms with Crippen molar-refractivity contribution in [1.82, 2.24) is 10.6 Å². The van der Waals surface area contributed by atoms with Crippen LogP contribution in [0.25, 0.3) is 0 Å². The number of hydrogen-bond donors (Lipinski definition) is 2. The summed E-state index contributed by atoms with van der Waals surface area (Å²) in [7, 11) is 0. The molecule has 0 fully saturated rings. The molecule has 1 aromatic heterocycles. The Balaban J connectivity index is 1.33. The van der Waals surface area contributed by atoms with E-state index in [9.17, 15) is 9.59 Å². The van der Waals surface area contributed by atoms with Crippen LogP contribution in [0.3, 0.4) is 0 Å². The van der Waals surface area contributed by atoms with E-state index in [2.05, 4.69) is 10.6 Å². The predicted molar refractivity (Wildman–Crippen MR) is 84.9 cm³/mol. The van der Waals surface area contributed by atoms with Gasteiger partial charge in [-0.2, -0.15) is 0 Å². The fourth-order valence-corrected chi connectivity index (χ4v) is 2.32. The van der Waals surface area contributed by atoms with Crippen LogP contribution in [0.1, 0.15) is 22.5 Å². The summed E-state index contributed by atoms with van der Waals surface area (Å²) in [6, 6.07) is 8.93. The van der Waals surface area contributed by atoms with Crippen molar-refractivity contribution in [1.29, 1.82) is 0 Å². The minimum Gasteiger partial charge on any atom is -0.459 e. The summed E-state index contributed by atoms with van der Waals surface area (Å²) in [6.45, 7) is 1.03. The molecule has 0 atom stereocenters. The largest absolute Gasteiger partial charge is 0.459 e. The van der Waals surface area contributed by atoms with Crippen LogP contribution in [-0.2, 0) is 11.2 Å². The number of furan rings is 1. The number of rotatable bonds is 7. The standard InChI is InChI=1S/C17H18N2O5/c20-16(6-8-19-17(21)14-2-1-9-22-14)18-7-5-12-3-4-13-15(10-12)24-11-23-13/h1-4,9-10H,5-8,11H2,(H,18,20)(H,19,21). The Morgan fingerprint density at radius 3 is 2.75 bits per heavy atom. The topological polar surface area (TPSA) is 89.8 Å². The van der Waals surface area contributed by atoms with E-state index in [0.717, 1.165) is 17.1 Å². The lowest BCUT2D eigenvalue weighted by molar-refractivity contribution is -0.120. The Bertz CT molecular complexity index is 712. The third-order valence-corrected chi connectivity index (χ3v) is 3.56. The third kappa shape index (κ3) is 4.07. The predicted octanol–water partition coefficient (Wildman–Crippen LogP) is 1.49. The van der Waals surface area contributed by atoms with Gasteiger partial charge in [0.25, 0.3) is 5.91 Å². The first-order valence-corrected chi connectivity index (χ1v) is 7.69. The molecule has 0 saturated heterocycles. The van der Waals surface area contributed by atoms with Crippen LogP contribution in [0.5, 0.6) is 11.5 Å². The number of fused-ring (bicyclic) bond motifs is 1. The Morgan fingerprint density at radius 1 is 1.04 bits per heavy atom. The lowest BCUT2D eigenvalue weighted by Gasteiger charge is -2.07. The molecule has 2 aromatic rings. The number of amides is 2. The number of nitrogens with one attached hydrogen (secondary N) is 2. The van der Waals surface area contributed by atoms with E-state index in [4.69, 9.17) is 13.9 Å². The lowest BCUT2D eigenvalue weighted by atomic mass is 10.1. The molecule has 1 aromatic carbocycles. The highest BCUT2D eigenvalue weighted by atomic mass is 16.7. The quantitative estimate of drug-likeness (QED) is 0.803. The van der Waals surface area contributed by atoms with Crippen LogP contribution in [0.4, 0.5) is 0 Å². The average Bonchev–Trinajstić information content (AvgIpc) is 3.26. The van der Waals surface area contributed by atoms with Crippen LogP contribution < -0.4 is 20.1 Å². The molecule has 3 rings (SSSR count). The summed E-state index contributed by atoms with van der Waals surface area (Å²) < 4.78 is 15.5. The highest BCUT2D eigenvalue weighted by molar-refractivity contribution is 5.91. The monoisotopic (exact) mass is 330 g/mol. The van der Waals surface area contributed by atoms with Crippen molar-refractivity contribution in [3.05, 3.63) is 47.9 Å². The van der Waals surface area contributed by atoms with E-state index in [1.54, 1.807) is 12.1 Å². The van der Waals surface area contributed by atoms with Crippen LogP contribution in [-0.4, -0.2) is 31.7 Å². The van der Waals surface area contributed by atoms with E-state index in [1.807, 2.05) is 18.2 Å². The van der Waals surface area contributed by atoms with Gasteiger partial charge in [-0.3, -0.25) is 9.59 Å². The summed E-state index contributed by atoms with van der Waals surface area (Å²) in [5, 5.41) is 5.45. The smallest absolute Gasteiger partial charge is 0.286 e. The molecule has 2 N–H and O–H groups in total. The average molecular weight is 330 g/mol. The fraction of sp³-hybridized carbons (Fsp3) is 0.294. The summed E-state index contributed by atoms with van der Waals surface area (Å²) in [4.78, 5) is 23.4.